The molecule has 0 aliphatic heterocycles. The molecular formula is C20H20N2S. The molecule has 3 heteroatoms. The Morgan fingerprint density at radius 3 is 1.87 bits per heavy atom. The van der Waals surface area contributed by atoms with Gasteiger partial charge in [0.05, 0.1) is 11.8 Å². The molecule has 0 aromatic heterocycles. The van der Waals surface area contributed by atoms with Crippen molar-refractivity contribution in [2.45, 2.75) is 19.9 Å². The van der Waals surface area contributed by atoms with E-state index in [9.17, 15) is 0 Å². The lowest BCUT2D eigenvalue weighted by atomic mass is 9.84. The van der Waals surface area contributed by atoms with Gasteiger partial charge in [-0.25, -0.2) is 4.40 Å². The molecule has 2 N–H and O–H groups in total. The van der Waals surface area contributed by atoms with Gasteiger partial charge in [-0.15, -0.1) is 0 Å². The summed E-state index contributed by atoms with van der Waals surface area (Å²) in [4.78, 5) is 0. The number of hydrogen-bond acceptors (Lipinski definition) is 3. The first-order valence-corrected chi connectivity index (χ1v) is 8.04. The molecule has 116 valence electrons. The van der Waals surface area contributed by atoms with Gasteiger partial charge in [-0.2, -0.15) is 0 Å². The zero-order valence-electron chi connectivity index (χ0n) is 13.3. The molecule has 0 amide bonds. The van der Waals surface area contributed by atoms with E-state index in [1.165, 1.54) is 11.1 Å². The van der Waals surface area contributed by atoms with Gasteiger partial charge in [0.1, 0.15) is 0 Å². The highest BCUT2D eigenvalue weighted by Crippen LogP contribution is 2.30. The van der Waals surface area contributed by atoms with Crippen molar-refractivity contribution >= 4 is 29.7 Å². The summed E-state index contributed by atoms with van der Waals surface area (Å²) in [7, 11) is 0. The molecule has 0 bridgehead atoms. The minimum Gasteiger partial charge on any atom is -0.319 e. The first kappa shape index (κ1) is 15.8. The van der Waals surface area contributed by atoms with Gasteiger partial charge in [0.25, 0.3) is 0 Å². The molecule has 3 rings (SSSR count). The van der Waals surface area contributed by atoms with E-state index in [1.54, 1.807) is 0 Å². The van der Waals surface area contributed by atoms with Crippen LogP contribution in [-0.4, -0.2) is 11.8 Å². The van der Waals surface area contributed by atoms with Crippen LogP contribution in [0.5, 0.6) is 0 Å². The van der Waals surface area contributed by atoms with E-state index in [1.807, 2.05) is 0 Å². The Morgan fingerprint density at radius 1 is 0.826 bits per heavy atom. The molecule has 2 nitrogen and oxygen atoms in total. The van der Waals surface area contributed by atoms with Gasteiger partial charge < -0.3 is 5.73 Å². The second-order valence-electron chi connectivity index (χ2n) is 5.90. The van der Waals surface area contributed by atoms with Gasteiger partial charge in [-0.05, 0) is 43.4 Å². The number of allylic oxidation sites excluding steroid dienone is 2. The number of benzene rings is 2. The van der Waals surface area contributed by atoms with Crippen LogP contribution in [0.4, 0.5) is 0 Å². The summed E-state index contributed by atoms with van der Waals surface area (Å²) in [6.07, 6.45) is 4.17. The largest absolute Gasteiger partial charge is 0.319 e. The van der Waals surface area contributed by atoms with Crippen molar-refractivity contribution in [2.24, 2.45) is 10.1 Å². The fourth-order valence-corrected chi connectivity index (χ4v) is 3.02. The van der Waals surface area contributed by atoms with Crippen LogP contribution in [0.25, 0.3) is 11.1 Å². The molecule has 1 aliphatic rings. The Labute approximate surface area is 143 Å². The Kier molecular flexibility index (Phi) is 4.51. The van der Waals surface area contributed by atoms with Gasteiger partial charge >= 0.3 is 0 Å². The van der Waals surface area contributed by atoms with Crippen LogP contribution in [-0.2, 0) is 0 Å². The van der Waals surface area contributed by atoms with Crippen molar-refractivity contribution in [3.63, 3.8) is 0 Å². The molecule has 1 atom stereocenters. The van der Waals surface area contributed by atoms with E-state index in [4.69, 9.17) is 5.73 Å². The van der Waals surface area contributed by atoms with Crippen LogP contribution in [0.1, 0.15) is 22.3 Å². The fourth-order valence-electron chi connectivity index (χ4n) is 2.79. The molecular weight excluding hydrogens is 300 g/mol. The predicted octanol–water partition coefficient (Wildman–Crippen LogP) is 4.40. The number of rotatable bonds is 2. The van der Waals surface area contributed by atoms with Crippen molar-refractivity contribution in [1.29, 1.82) is 0 Å². The molecule has 1 unspecified atom stereocenters. The molecule has 1 aliphatic carbocycles. The standard InChI is InChI=1S/C20H20N2S/c1-13-3-7-15(8-4-13)17-11-12-18(20(22-23)19(17)21)16-9-5-14(2)6-10-16/h3-12,19,23H,21H2,1-2H3. The molecule has 0 saturated heterocycles. The van der Waals surface area contributed by atoms with Crippen LogP contribution in [0.15, 0.2) is 65.1 Å². The predicted molar refractivity (Wildman–Crippen MR) is 103 cm³/mol. The highest BCUT2D eigenvalue weighted by molar-refractivity contribution is 7.79. The smallest absolute Gasteiger partial charge is 0.0775 e. The third kappa shape index (κ3) is 3.16. The molecule has 2 aromatic carbocycles. The average molecular weight is 320 g/mol. The molecule has 2 aromatic rings. The van der Waals surface area contributed by atoms with Gasteiger partial charge in [0, 0.05) is 5.57 Å². The summed E-state index contributed by atoms with van der Waals surface area (Å²) in [5.74, 6) is 0. The lowest BCUT2D eigenvalue weighted by Gasteiger charge is -2.24. The Hall–Kier alpha value is -2.10. The summed E-state index contributed by atoms with van der Waals surface area (Å²) in [6.45, 7) is 4.16. The van der Waals surface area contributed by atoms with Crippen molar-refractivity contribution < 1.29 is 0 Å². The minimum atomic E-state index is -0.281. The quantitative estimate of drug-likeness (QED) is 0.791. The van der Waals surface area contributed by atoms with Gasteiger partial charge in [0.15, 0.2) is 0 Å². The summed E-state index contributed by atoms with van der Waals surface area (Å²) in [5, 5.41) is 0. The van der Waals surface area contributed by atoms with E-state index >= 15 is 0 Å². The lowest BCUT2D eigenvalue weighted by molar-refractivity contribution is 1.10. The number of aryl methyl sites for hydroxylation is 2. The molecule has 0 radical (unpaired) electrons. The summed E-state index contributed by atoms with van der Waals surface area (Å²) < 4.78 is 4.18. The zero-order chi connectivity index (χ0) is 16.4. The van der Waals surface area contributed by atoms with Crippen molar-refractivity contribution in [1.82, 2.24) is 0 Å². The third-order valence-corrected chi connectivity index (χ3v) is 4.41. The van der Waals surface area contributed by atoms with E-state index in [2.05, 4.69) is 91.7 Å². The maximum atomic E-state index is 6.47. The molecule has 23 heavy (non-hydrogen) atoms. The number of nitrogens with two attached hydrogens (primary N) is 1. The van der Waals surface area contributed by atoms with Crippen LogP contribution in [0.2, 0.25) is 0 Å². The van der Waals surface area contributed by atoms with E-state index in [0.29, 0.717) is 0 Å². The summed E-state index contributed by atoms with van der Waals surface area (Å²) >= 11 is 4.16. The zero-order valence-corrected chi connectivity index (χ0v) is 14.2. The SMILES string of the molecule is Cc1ccc(C2=CC=C(c3ccc(C)cc3)C(N)C2=NS)cc1. The normalized spacial score (nSPS) is 19.5. The fraction of sp³-hybridized carbons (Fsp3) is 0.150. The number of thiol groups is 1. The highest BCUT2D eigenvalue weighted by Gasteiger charge is 2.24. The van der Waals surface area contributed by atoms with Gasteiger partial charge in [-0.3, -0.25) is 0 Å². The summed E-state index contributed by atoms with van der Waals surface area (Å²) in [5.41, 5.74) is 14.1. The van der Waals surface area contributed by atoms with Crippen LogP contribution < -0.4 is 5.73 Å². The monoisotopic (exact) mass is 320 g/mol. The van der Waals surface area contributed by atoms with Crippen LogP contribution in [0, 0.1) is 13.8 Å². The Balaban J connectivity index is 2.05. The van der Waals surface area contributed by atoms with Crippen LogP contribution >= 0.6 is 12.8 Å². The Morgan fingerprint density at radius 2 is 1.35 bits per heavy atom. The third-order valence-electron chi connectivity index (χ3n) is 4.19. The molecule has 0 fully saturated rings. The molecule has 0 spiro atoms. The minimum absolute atomic E-state index is 0.281. The first-order valence-electron chi connectivity index (χ1n) is 7.64. The number of hydrogen-bond donors (Lipinski definition) is 2. The van der Waals surface area contributed by atoms with Crippen LogP contribution in [0.3, 0.4) is 0 Å². The second kappa shape index (κ2) is 6.57. The van der Waals surface area contributed by atoms with E-state index < -0.39 is 0 Å². The van der Waals surface area contributed by atoms with Gasteiger partial charge in [0.2, 0.25) is 0 Å². The summed E-state index contributed by atoms with van der Waals surface area (Å²) in [6, 6.07) is 16.5. The average Bonchev–Trinajstić information content (AvgIpc) is 2.56. The van der Waals surface area contributed by atoms with Crippen molar-refractivity contribution in [2.75, 3.05) is 0 Å². The van der Waals surface area contributed by atoms with E-state index in [0.717, 1.165) is 28.0 Å². The highest BCUT2D eigenvalue weighted by atomic mass is 32.1. The second-order valence-corrected chi connectivity index (χ2v) is 6.10. The topological polar surface area (TPSA) is 38.4 Å². The molecule has 0 heterocycles. The maximum Gasteiger partial charge on any atom is 0.0775 e. The van der Waals surface area contributed by atoms with Crippen molar-refractivity contribution in [3.05, 3.63) is 82.9 Å². The number of nitrogens with zero attached hydrogens (tertiary/aromatic N) is 1. The molecule has 0 saturated carbocycles. The maximum absolute atomic E-state index is 6.47. The van der Waals surface area contributed by atoms with Crippen molar-refractivity contribution in [3.8, 4) is 0 Å². The van der Waals surface area contributed by atoms with Gasteiger partial charge in [-0.1, -0.05) is 71.8 Å². The Bertz CT molecular complexity index is 797. The lowest BCUT2D eigenvalue weighted by Crippen LogP contribution is -2.34. The first-order chi connectivity index (χ1) is 11.1. The van der Waals surface area contributed by atoms with E-state index in [-0.39, 0.29) is 6.04 Å².